The highest BCUT2D eigenvalue weighted by atomic mass is 16.5. The number of carbonyl (C=O) groups is 2. The number of nitrogens with zero attached hydrogens (tertiary/aromatic N) is 1. The van der Waals surface area contributed by atoms with Crippen molar-refractivity contribution in [2.24, 2.45) is 5.92 Å². The third kappa shape index (κ3) is 5.03. The number of piperidine rings is 1. The van der Waals surface area contributed by atoms with Crippen LogP contribution in [0, 0.1) is 5.92 Å². The third-order valence-corrected chi connectivity index (χ3v) is 4.94. The fourth-order valence-electron chi connectivity index (χ4n) is 3.29. The molecule has 1 heterocycles. The van der Waals surface area contributed by atoms with E-state index in [2.05, 4.69) is 22.5 Å². The molecule has 0 aliphatic carbocycles. The number of ether oxygens (including phenoxy) is 1. The molecule has 2 aromatic rings. The Hall–Kier alpha value is -3.02. The summed E-state index contributed by atoms with van der Waals surface area (Å²) in [5.41, 5.74) is 2.61. The molecule has 1 fully saturated rings. The molecule has 0 bridgehead atoms. The van der Waals surface area contributed by atoms with Gasteiger partial charge in [0.2, 0.25) is 0 Å². The molecule has 0 unspecified atom stereocenters. The molecule has 2 amide bonds. The van der Waals surface area contributed by atoms with Crippen LogP contribution in [0.3, 0.4) is 0 Å². The summed E-state index contributed by atoms with van der Waals surface area (Å²) in [4.78, 5) is 26.7. The fraction of sp³-hybridized carbons (Fsp3) is 0.364. The van der Waals surface area contributed by atoms with E-state index < -0.39 is 12.0 Å². The molecule has 28 heavy (non-hydrogen) atoms. The van der Waals surface area contributed by atoms with Gasteiger partial charge >= 0.3 is 12.0 Å². The van der Waals surface area contributed by atoms with E-state index in [0.29, 0.717) is 16.9 Å². The van der Waals surface area contributed by atoms with E-state index in [9.17, 15) is 9.59 Å². The third-order valence-electron chi connectivity index (χ3n) is 4.94. The van der Waals surface area contributed by atoms with Gasteiger partial charge in [0.15, 0.2) is 0 Å². The number of hydrogen-bond acceptors (Lipinski definition) is 4. The SMILES string of the molecule is CCOC(=O)c1ccccc1NC(=O)Nc1ccc(N2CCC(C)CC2)cc1. The van der Waals surface area contributed by atoms with Gasteiger partial charge in [0.25, 0.3) is 0 Å². The van der Waals surface area contributed by atoms with Crippen LogP contribution in [0.2, 0.25) is 0 Å². The largest absolute Gasteiger partial charge is 0.462 e. The molecule has 0 saturated carbocycles. The van der Waals surface area contributed by atoms with Gasteiger partial charge in [-0.3, -0.25) is 0 Å². The number of hydrogen-bond donors (Lipinski definition) is 2. The van der Waals surface area contributed by atoms with Gasteiger partial charge in [0.05, 0.1) is 17.9 Å². The zero-order valence-electron chi connectivity index (χ0n) is 16.4. The molecule has 1 aliphatic rings. The van der Waals surface area contributed by atoms with Crippen LogP contribution in [-0.4, -0.2) is 31.7 Å². The van der Waals surface area contributed by atoms with Crippen molar-refractivity contribution in [3.8, 4) is 0 Å². The molecule has 2 aromatic carbocycles. The highest BCUT2D eigenvalue weighted by Gasteiger charge is 2.16. The molecule has 1 aliphatic heterocycles. The first-order valence-corrected chi connectivity index (χ1v) is 9.76. The predicted octanol–water partition coefficient (Wildman–Crippen LogP) is 4.74. The minimum Gasteiger partial charge on any atom is -0.462 e. The van der Waals surface area contributed by atoms with Gasteiger partial charge in [-0.25, -0.2) is 9.59 Å². The van der Waals surface area contributed by atoms with Crippen molar-refractivity contribution in [2.45, 2.75) is 26.7 Å². The summed E-state index contributed by atoms with van der Waals surface area (Å²) in [5, 5.41) is 5.52. The van der Waals surface area contributed by atoms with Crippen LogP contribution in [0.25, 0.3) is 0 Å². The summed E-state index contributed by atoms with van der Waals surface area (Å²) < 4.78 is 5.03. The van der Waals surface area contributed by atoms with E-state index in [1.807, 2.05) is 24.3 Å². The van der Waals surface area contributed by atoms with Crippen LogP contribution in [0.5, 0.6) is 0 Å². The van der Waals surface area contributed by atoms with E-state index in [-0.39, 0.29) is 6.61 Å². The summed E-state index contributed by atoms with van der Waals surface area (Å²) in [6.45, 7) is 6.46. The van der Waals surface area contributed by atoms with Gasteiger partial charge in [-0.2, -0.15) is 0 Å². The molecular formula is C22H27N3O3. The van der Waals surface area contributed by atoms with Crippen LogP contribution in [0.4, 0.5) is 21.9 Å². The van der Waals surface area contributed by atoms with Crippen molar-refractivity contribution in [3.05, 3.63) is 54.1 Å². The molecule has 0 atom stereocenters. The number of rotatable bonds is 5. The van der Waals surface area contributed by atoms with E-state index in [0.717, 1.165) is 19.0 Å². The van der Waals surface area contributed by atoms with Crippen molar-refractivity contribution in [3.63, 3.8) is 0 Å². The minimum atomic E-state index is -0.460. The smallest absolute Gasteiger partial charge is 0.340 e. The number of anilines is 3. The summed E-state index contributed by atoms with van der Waals surface area (Å²) >= 11 is 0. The zero-order valence-corrected chi connectivity index (χ0v) is 16.4. The summed E-state index contributed by atoms with van der Waals surface area (Å²) in [6.07, 6.45) is 2.42. The number of nitrogens with one attached hydrogen (secondary N) is 2. The molecule has 148 valence electrons. The van der Waals surface area contributed by atoms with Gasteiger partial charge in [-0.1, -0.05) is 19.1 Å². The van der Waals surface area contributed by atoms with Crippen molar-refractivity contribution in [1.29, 1.82) is 0 Å². The Labute approximate surface area is 165 Å². The lowest BCUT2D eigenvalue weighted by Gasteiger charge is -2.32. The average molecular weight is 381 g/mol. The van der Waals surface area contributed by atoms with Crippen LogP contribution in [-0.2, 0) is 4.74 Å². The van der Waals surface area contributed by atoms with Gasteiger partial charge < -0.3 is 20.3 Å². The second-order valence-corrected chi connectivity index (χ2v) is 7.06. The number of carbonyl (C=O) groups excluding carboxylic acids is 2. The molecule has 0 spiro atoms. The lowest BCUT2D eigenvalue weighted by atomic mass is 9.99. The molecular weight excluding hydrogens is 354 g/mol. The highest BCUT2D eigenvalue weighted by Crippen LogP contribution is 2.24. The topological polar surface area (TPSA) is 70.7 Å². The van der Waals surface area contributed by atoms with Crippen LogP contribution in [0.15, 0.2) is 48.5 Å². The van der Waals surface area contributed by atoms with E-state index in [1.54, 1.807) is 31.2 Å². The Morgan fingerprint density at radius 3 is 2.39 bits per heavy atom. The van der Waals surface area contributed by atoms with Crippen LogP contribution in [0.1, 0.15) is 37.0 Å². The standard InChI is InChI=1S/C22H27N3O3/c1-3-28-21(26)19-6-4-5-7-20(19)24-22(27)23-17-8-10-18(11-9-17)25-14-12-16(2)13-15-25/h4-11,16H,3,12-15H2,1-2H3,(H2,23,24,27). The molecule has 2 N–H and O–H groups in total. The van der Waals surface area contributed by atoms with Crippen LogP contribution >= 0.6 is 0 Å². The Balaban J connectivity index is 1.60. The quantitative estimate of drug-likeness (QED) is 0.734. The number of esters is 1. The van der Waals surface area contributed by atoms with Gasteiger partial charge in [-0.05, 0) is 62.1 Å². The molecule has 1 saturated heterocycles. The monoisotopic (exact) mass is 381 g/mol. The zero-order chi connectivity index (χ0) is 19.9. The molecule has 0 radical (unpaired) electrons. The molecule has 3 rings (SSSR count). The minimum absolute atomic E-state index is 0.279. The lowest BCUT2D eigenvalue weighted by Crippen LogP contribution is -2.32. The number of benzene rings is 2. The Bertz CT molecular complexity index is 812. The van der Waals surface area contributed by atoms with E-state index in [4.69, 9.17) is 4.74 Å². The van der Waals surface area contributed by atoms with E-state index >= 15 is 0 Å². The Kier molecular flexibility index (Phi) is 6.53. The summed E-state index contributed by atoms with van der Waals surface area (Å²) in [6, 6.07) is 14.2. The van der Waals surface area contributed by atoms with Crippen molar-refractivity contribution in [1.82, 2.24) is 0 Å². The van der Waals surface area contributed by atoms with E-state index in [1.165, 1.54) is 18.5 Å². The summed E-state index contributed by atoms with van der Waals surface area (Å²) in [7, 11) is 0. The van der Waals surface area contributed by atoms with Gasteiger partial charge in [-0.15, -0.1) is 0 Å². The maximum Gasteiger partial charge on any atom is 0.340 e. The molecule has 0 aromatic heterocycles. The predicted molar refractivity (Wildman–Crippen MR) is 112 cm³/mol. The first-order chi connectivity index (χ1) is 13.6. The fourth-order valence-corrected chi connectivity index (χ4v) is 3.29. The normalized spacial score (nSPS) is 14.4. The highest BCUT2D eigenvalue weighted by molar-refractivity contribution is 6.05. The Morgan fingerprint density at radius 1 is 1.04 bits per heavy atom. The maximum absolute atomic E-state index is 12.4. The van der Waals surface area contributed by atoms with Crippen molar-refractivity contribution in [2.75, 3.05) is 35.2 Å². The molecule has 6 heteroatoms. The molecule has 6 nitrogen and oxygen atoms in total. The first kappa shape index (κ1) is 19.7. The number of para-hydroxylation sites is 1. The number of amides is 2. The lowest BCUT2D eigenvalue weighted by molar-refractivity contribution is 0.0527. The van der Waals surface area contributed by atoms with Crippen LogP contribution < -0.4 is 15.5 Å². The second-order valence-electron chi connectivity index (χ2n) is 7.06. The van der Waals surface area contributed by atoms with Gasteiger partial charge in [0, 0.05) is 24.5 Å². The summed E-state index contributed by atoms with van der Waals surface area (Å²) in [5.74, 6) is 0.331. The average Bonchev–Trinajstić information content (AvgIpc) is 2.70. The van der Waals surface area contributed by atoms with Crippen molar-refractivity contribution >= 4 is 29.1 Å². The van der Waals surface area contributed by atoms with Crippen molar-refractivity contribution < 1.29 is 14.3 Å². The van der Waals surface area contributed by atoms with Gasteiger partial charge in [0.1, 0.15) is 0 Å². The Morgan fingerprint density at radius 2 is 1.71 bits per heavy atom. The number of urea groups is 1. The first-order valence-electron chi connectivity index (χ1n) is 9.76. The second kappa shape index (κ2) is 9.26. The maximum atomic E-state index is 12.4.